The van der Waals surface area contributed by atoms with Gasteiger partial charge in [-0.05, 0) is 61.3 Å². The van der Waals surface area contributed by atoms with Crippen molar-refractivity contribution in [3.05, 3.63) is 27.7 Å². The third-order valence-corrected chi connectivity index (χ3v) is 5.69. The van der Waals surface area contributed by atoms with Crippen LogP contribution in [0.25, 0.3) is 0 Å². The van der Waals surface area contributed by atoms with Gasteiger partial charge >= 0.3 is 0 Å². The standard InChI is InChI=1S/C18H22BrNO/c1-2-13-3-6-18(12-20,7-4-13)11-15-10-16(19)9-14-5-8-21-17(14)15/h9-10,13H,2-8,11H2,1H3. The summed E-state index contributed by atoms with van der Waals surface area (Å²) in [4.78, 5) is 0. The largest absolute Gasteiger partial charge is 0.493 e. The number of benzene rings is 1. The van der Waals surface area contributed by atoms with Gasteiger partial charge in [-0.25, -0.2) is 0 Å². The Bertz CT molecular complexity index is 567. The van der Waals surface area contributed by atoms with Gasteiger partial charge < -0.3 is 4.74 Å². The van der Waals surface area contributed by atoms with E-state index in [0.29, 0.717) is 0 Å². The normalized spacial score (nSPS) is 27.8. The van der Waals surface area contributed by atoms with Crippen LogP contribution in [-0.2, 0) is 12.8 Å². The van der Waals surface area contributed by atoms with E-state index >= 15 is 0 Å². The minimum atomic E-state index is -0.188. The summed E-state index contributed by atoms with van der Waals surface area (Å²) in [6.07, 6.45) is 7.52. The number of hydrogen-bond donors (Lipinski definition) is 0. The van der Waals surface area contributed by atoms with Crippen LogP contribution < -0.4 is 4.74 Å². The molecule has 21 heavy (non-hydrogen) atoms. The van der Waals surface area contributed by atoms with Gasteiger partial charge in [0.25, 0.3) is 0 Å². The average molecular weight is 348 g/mol. The van der Waals surface area contributed by atoms with Gasteiger partial charge in [0.15, 0.2) is 0 Å². The first kappa shape index (κ1) is 14.9. The molecule has 0 N–H and O–H groups in total. The number of hydrogen-bond acceptors (Lipinski definition) is 2. The molecule has 1 heterocycles. The number of nitriles is 1. The van der Waals surface area contributed by atoms with Crippen molar-refractivity contribution in [1.29, 1.82) is 5.26 Å². The second-order valence-corrected chi connectivity index (χ2v) is 7.49. The summed E-state index contributed by atoms with van der Waals surface area (Å²) in [6.45, 7) is 3.04. The van der Waals surface area contributed by atoms with Crippen LogP contribution in [0.2, 0.25) is 0 Å². The van der Waals surface area contributed by atoms with E-state index in [2.05, 4.69) is 41.1 Å². The zero-order chi connectivity index (χ0) is 14.9. The Morgan fingerprint density at radius 3 is 2.81 bits per heavy atom. The smallest absolute Gasteiger partial charge is 0.125 e. The average Bonchev–Trinajstić information content (AvgIpc) is 2.96. The van der Waals surface area contributed by atoms with Crippen LogP contribution in [0.4, 0.5) is 0 Å². The Morgan fingerprint density at radius 2 is 2.14 bits per heavy atom. The van der Waals surface area contributed by atoms with Crippen molar-refractivity contribution in [2.24, 2.45) is 11.3 Å². The SMILES string of the molecule is CCC1CCC(C#N)(Cc2cc(Br)cc3c2OCC3)CC1. The third kappa shape index (κ3) is 2.97. The molecule has 1 saturated carbocycles. The van der Waals surface area contributed by atoms with E-state index in [4.69, 9.17) is 4.74 Å². The second kappa shape index (κ2) is 6.01. The Balaban J connectivity index is 1.84. The van der Waals surface area contributed by atoms with Crippen molar-refractivity contribution in [3.8, 4) is 11.8 Å². The summed E-state index contributed by atoms with van der Waals surface area (Å²) in [7, 11) is 0. The summed E-state index contributed by atoms with van der Waals surface area (Å²) in [5.74, 6) is 1.86. The lowest BCUT2D eigenvalue weighted by atomic mass is 9.68. The van der Waals surface area contributed by atoms with E-state index in [9.17, 15) is 5.26 Å². The molecule has 2 aliphatic rings. The molecule has 0 unspecified atom stereocenters. The predicted molar refractivity (Wildman–Crippen MR) is 87.3 cm³/mol. The molecule has 0 bridgehead atoms. The summed E-state index contributed by atoms with van der Waals surface area (Å²) >= 11 is 3.60. The van der Waals surface area contributed by atoms with Gasteiger partial charge in [0.1, 0.15) is 5.75 Å². The van der Waals surface area contributed by atoms with Crippen molar-refractivity contribution < 1.29 is 4.74 Å². The molecule has 2 nitrogen and oxygen atoms in total. The van der Waals surface area contributed by atoms with Crippen molar-refractivity contribution in [3.63, 3.8) is 0 Å². The van der Waals surface area contributed by atoms with E-state index < -0.39 is 0 Å². The molecule has 0 amide bonds. The molecular weight excluding hydrogens is 326 g/mol. The van der Waals surface area contributed by atoms with Gasteiger partial charge in [-0.3, -0.25) is 0 Å². The molecule has 3 rings (SSSR count). The molecule has 112 valence electrons. The maximum Gasteiger partial charge on any atom is 0.125 e. The highest BCUT2D eigenvalue weighted by molar-refractivity contribution is 9.10. The molecular formula is C18H22BrNO. The number of halogens is 1. The number of rotatable bonds is 3. The lowest BCUT2D eigenvalue weighted by Gasteiger charge is -2.35. The maximum absolute atomic E-state index is 9.78. The Hall–Kier alpha value is -1.01. The number of nitrogens with zero attached hydrogens (tertiary/aromatic N) is 1. The Kier molecular flexibility index (Phi) is 4.26. The molecule has 1 aromatic rings. The summed E-state index contributed by atoms with van der Waals surface area (Å²) in [5, 5.41) is 9.78. The highest BCUT2D eigenvalue weighted by Crippen LogP contribution is 2.44. The van der Waals surface area contributed by atoms with Crippen LogP contribution in [-0.4, -0.2) is 6.61 Å². The zero-order valence-corrected chi connectivity index (χ0v) is 14.2. The van der Waals surface area contributed by atoms with Crippen LogP contribution >= 0.6 is 15.9 Å². The highest BCUT2D eigenvalue weighted by atomic mass is 79.9. The van der Waals surface area contributed by atoms with E-state index in [1.165, 1.54) is 30.4 Å². The fraction of sp³-hybridized carbons (Fsp3) is 0.611. The van der Waals surface area contributed by atoms with E-state index in [0.717, 1.165) is 48.4 Å². The van der Waals surface area contributed by atoms with Gasteiger partial charge in [0, 0.05) is 10.9 Å². The number of fused-ring (bicyclic) bond motifs is 1. The van der Waals surface area contributed by atoms with E-state index in [-0.39, 0.29) is 5.41 Å². The lowest BCUT2D eigenvalue weighted by molar-refractivity contribution is 0.203. The van der Waals surface area contributed by atoms with Gasteiger partial charge in [0.2, 0.25) is 0 Å². The minimum absolute atomic E-state index is 0.188. The number of ether oxygens (including phenoxy) is 1. The van der Waals surface area contributed by atoms with Gasteiger partial charge in [-0.2, -0.15) is 5.26 Å². The first-order valence-electron chi connectivity index (χ1n) is 8.01. The first-order chi connectivity index (χ1) is 10.2. The fourth-order valence-corrected chi connectivity index (χ4v) is 4.36. The molecule has 0 radical (unpaired) electrons. The van der Waals surface area contributed by atoms with Crippen LogP contribution in [0.1, 0.15) is 50.2 Å². The lowest BCUT2D eigenvalue weighted by Crippen LogP contribution is -2.28. The second-order valence-electron chi connectivity index (χ2n) is 6.57. The van der Waals surface area contributed by atoms with Crippen molar-refractivity contribution in [1.82, 2.24) is 0 Å². The molecule has 1 aliphatic heterocycles. The van der Waals surface area contributed by atoms with E-state index in [1.54, 1.807) is 0 Å². The summed E-state index contributed by atoms with van der Waals surface area (Å²) < 4.78 is 6.94. The molecule has 1 aliphatic carbocycles. The zero-order valence-electron chi connectivity index (χ0n) is 12.6. The molecule has 1 fully saturated rings. The molecule has 0 atom stereocenters. The molecule has 1 aromatic carbocycles. The van der Waals surface area contributed by atoms with Crippen LogP contribution in [0.3, 0.4) is 0 Å². The third-order valence-electron chi connectivity index (χ3n) is 5.23. The quantitative estimate of drug-likeness (QED) is 0.767. The van der Waals surface area contributed by atoms with Gasteiger partial charge in [-0.1, -0.05) is 29.3 Å². The van der Waals surface area contributed by atoms with Gasteiger partial charge in [0.05, 0.1) is 18.1 Å². The van der Waals surface area contributed by atoms with E-state index in [1.807, 2.05) is 0 Å². The Morgan fingerprint density at radius 1 is 1.38 bits per heavy atom. The molecule has 0 aromatic heterocycles. The monoisotopic (exact) mass is 347 g/mol. The minimum Gasteiger partial charge on any atom is -0.493 e. The van der Waals surface area contributed by atoms with Crippen molar-refractivity contribution in [2.75, 3.05) is 6.61 Å². The fourth-order valence-electron chi connectivity index (χ4n) is 3.81. The van der Waals surface area contributed by atoms with Crippen LogP contribution in [0.15, 0.2) is 16.6 Å². The molecule has 3 heteroatoms. The topological polar surface area (TPSA) is 33.0 Å². The van der Waals surface area contributed by atoms with Crippen molar-refractivity contribution >= 4 is 15.9 Å². The highest BCUT2D eigenvalue weighted by Gasteiger charge is 2.36. The van der Waals surface area contributed by atoms with Gasteiger partial charge in [-0.15, -0.1) is 0 Å². The first-order valence-corrected chi connectivity index (χ1v) is 8.80. The summed E-state index contributed by atoms with van der Waals surface area (Å²) in [6, 6.07) is 6.95. The molecule has 0 spiro atoms. The van der Waals surface area contributed by atoms with Crippen LogP contribution in [0.5, 0.6) is 5.75 Å². The Labute approximate surface area is 135 Å². The van der Waals surface area contributed by atoms with Crippen LogP contribution in [0, 0.1) is 22.7 Å². The predicted octanol–water partition coefficient (Wildman–Crippen LogP) is 5.04. The summed E-state index contributed by atoms with van der Waals surface area (Å²) in [5.41, 5.74) is 2.31. The molecule has 0 saturated heterocycles. The van der Waals surface area contributed by atoms with Crippen molar-refractivity contribution in [2.45, 2.75) is 51.9 Å². The maximum atomic E-state index is 9.78.